The van der Waals surface area contributed by atoms with E-state index in [9.17, 15) is 4.79 Å². The fourth-order valence-corrected chi connectivity index (χ4v) is 2.16. The molecule has 4 heteroatoms. The highest BCUT2D eigenvalue weighted by Gasteiger charge is 2.27. The van der Waals surface area contributed by atoms with Gasteiger partial charge in [-0.3, -0.25) is 4.79 Å². The van der Waals surface area contributed by atoms with Crippen LogP contribution in [0.5, 0.6) is 0 Å². The number of nitrogens with zero attached hydrogens (tertiary/aromatic N) is 1. The Kier molecular flexibility index (Phi) is 2.73. The number of carbonyl (C=O) groups excluding carboxylic acids is 1. The number of nitrogens with two attached hydrogens (primary N) is 1. The predicted molar refractivity (Wildman–Crippen MR) is 65.4 cm³/mol. The van der Waals surface area contributed by atoms with Gasteiger partial charge in [0.15, 0.2) is 0 Å². The summed E-state index contributed by atoms with van der Waals surface area (Å²) in [5, 5.41) is 2.85. The molecular formula is C12H17N3O. The molecule has 1 unspecified atom stereocenters. The van der Waals surface area contributed by atoms with Gasteiger partial charge in [-0.15, -0.1) is 0 Å². The van der Waals surface area contributed by atoms with Crippen molar-refractivity contribution in [3.63, 3.8) is 0 Å². The van der Waals surface area contributed by atoms with Gasteiger partial charge in [0.1, 0.15) is 6.04 Å². The third-order valence-corrected chi connectivity index (χ3v) is 3.06. The predicted octanol–water partition coefficient (Wildman–Crippen LogP) is 0.902. The van der Waals surface area contributed by atoms with Gasteiger partial charge in [0, 0.05) is 13.1 Å². The van der Waals surface area contributed by atoms with E-state index in [0.717, 1.165) is 23.5 Å². The number of piperazine rings is 1. The van der Waals surface area contributed by atoms with Crippen molar-refractivity contribution in [3.05, 3.63) is 23.8 Å². The lowest BCUT2D eigenvalue weighted by Crippen LogP contribution is -2.54. The van der Waals surface area contributed by atoms with Crippen LogP contribution in [0.1, 0.15) is 12.5 Å². The van der Waals surface area contributed by atoms with Crippen LogP contribution in [-0.4, -0.2) is 25.0 Å². The number of nitrogens with one attached hydrogen (secondary N) is 1. The number of rotatable bonds is 1. The van der Waals surface area contributed by atoms with Crippen LogP contribution in [0.15, 0.2) is 18.2 Å². The van der Waals surface area contributed by atoms with Crippen LogP contribution < -0.4 is 16.0 Å². The van der Waals surface area contributed by atoms with Crippen LogP contribution in [0.25, 0.3) is 0 Å². The average Bonchev–Trinajstić information content (AvgIpc) is 2.24. The summed E-state index contributed by atoms with van der Waals surface area (Å²) >= 11 is 0. The lowest BCUT2D eigenvalue weighted by atomic mass is 10.1. The van der Waals surface area contributed by atoms with E-state index in [1.807, 2.05) is 32.0 Å². The Morgan fingerprint density at radius 3 is 2.94 bits per heavy atom. The van der Waals surface area contributed by atoms with Crippen molar-refractivity contribution in [3.8, 4) is 0 Å². The number of hydrogen-bond donors (Lipinski definition) is 2. The van der Waals surface area contributed by atoms with Crippen molar-refractivity contribution in [2.24, 2.45) is 0 Å². The maximum absolute atomic E-state index is 11.6. The van der Waals surface area contributed by atoms with E-state index in [1.165, 1.54) is 0 Å². The zero-order chi connectivity index (χ0) is 11.7. The summed E-state index contributed by atoms with van der Waals surface area (Å²) in [6, 6.07) is 5.67. The Hall–Kier alpha value is -1.71. The summed E-state index contributed by atoms with van der Waals surface area (Å²) in [7, 11) is 0. The van der Waals surface area contributed by atoms with Gasteiger partial charge in [-0.25, -0.2) is 0 Å². The molecule has 1 aliphatic heterocycles. The average molecular weight is 219 g/mol. The van der Waals surface area contributed by atoms with Crippen molar-refractivity contribution >= 4 is 17.3 Å². The van der Waals surface area contributed by atoms with Crippen molar-refractivity contribution in [2.75, 3.05) is 23.7 Å². The maximum Gasteiger partial charge on any atom is 0.242 e. The lowest BCUT2D eigenvalue weighted by molar-refractivity contribution is -0.122. The minimum Gasteiger partial charge on any atom is -0.397 e. The van der Waals surface area contributed by atoms with Gasteiger partial charge in [-0.1, -0.05) is 12.1 Å². The van der Waals surface area contributed by atoms with Crippen molar-refractivity contribution < 1.29 is 4.79 Å². The number of para-hydroxylation sites is 1. The molecule has 0 aromatic heterocycles. The van der Waals surface area contributed by atoms with E-state index in [0.29, 0.717) is 6.54 Å². The number of nitrogen functional groups attached to an aromatic ring is 1. The topological polar surface area (TPSA) is 58.4 Å². The monoisotopic (exact) mass is 219 g/mol. The first-order valence-electron chi connectivity index (χ1n) is 5.50. The minimum absolute atomic E-state index is 0.0638. The Morgan fingerprint density at radius 1 is 1.50 bits per heavy atom. The molecule has 4 nitrogen and oxygen atoms in total. The molecule has 0 bridgehead atoms. The largest absolute Gasteiger partial charge is 0.397 e. The summed E-state index contributed by atoms with van der Waals surface area (Å²) in [4.78, 5) is 13.7. The van der Waals surface area contributed by atoms with Gasteiger partial charge in [-0.2, -0.15) is 0 Å². The van der Waals surface area contributed by atoms with E-state index in [1.54, 1.807) is 0 Å². The van der Waals surface area contributed by atoms with Crippen LogP contribution >= 0.6 is 0 Å². The van der Waals surface area contributed by atoms with E-state index < -0.39 is 0 Å². The molecule has 1 amide bonds. The minimum atomic E-state index is -0.155. The molecule has 3 N–H and O–H groups in total. The maximum atomic E-state index is 11.6. The van der Waals surface area contributed by atoms with Crippen LogP contribution in [0.2, 0.25) is 0 Å². The molecule has 1 aromatic carbocycles. The Balaban J connectivity index is 2.39. The van der Waals surface area contributed by atoms with Gasteiger partial charge in [0.05, 0.1) is 11.4 Å². The summed E-state index contributed by atoms with van der Waals surface area (Å²) in [6.45, 7) is 5.41. The van der Waals surface area contributed by atoms with Crippen molar-refractivity contribution in [2.45, 2.75) is 19.9 Å². The third-order valence-electron chi connectivity index (χ3n) is 3.06. The van der Waals surface area contributed by atoms with Crippen molar-refractivity contribution in [1.82, 2.24) is 5.32 Å². The van der Waals surface area contributed by atoms with Gasteiger partial charge < -0.3 is 16.0 Å². The normalized spacial score (nSPS) is 20.8. The SMILES string of the molecule is Cc1cccc(N)c1N1CCNC(=O)C1C. The molecule has 0 radical (unpaired) electrons. The molecule has 1 heterocycles. The second-order valence-electron chi connectivity index (χ2n) is 4.17. The Morgan fingerprint density at radius 2 is 2.25 bits per heavy atom. The molecule has 86 valence electrons. The first-order valence-corrected chi connectivity index (χ1v) is 5.50. The highest BCUT2D eigenvalue weighted by molar-refractivity contribution is 5.88. The Bertz CT molecular complexity index is 396. The number of carbonyl (C=O) groups is 1. The standard InChI is InChI=1S/C12H17N3O/c1-8-4-3-5-10(13)11(8)15-7-6-14-12(16)9(15)2/h3-5,9H,6-7,13H2,1-2H3,(H,14,16). The molecule has 0 saturated carbocycles. The number of amides is 1. The number of anilines is 2. The van der Waals surface area contributed by atoms with Gasteiger partial charge in [0.25, 0.3) is 0 Å². The smallest absolute Gasteiger partial charge is 0.242 e. The molecule has 2 rings (SSSR count). The fraction of sp³-hybridized carbons (Fsp3) is 0.417. The highest BCUT2D eigenvalue weighted by atomic mass is 16.2. The molecule has 1 atom stereocenters. The lowest BCUT2D eigenvalue weighted by Gasteiger charge is -2.36. The summed E-state index contributed by atoms with van der Waals surface area (Å²) < 4.78 is 0. The highest BCUT2D eigenvalue weighted by Crippen LogP contribution is 2.29. The molecule has 1 aromatic rings. The molecular weight excluding hydrogens is 202 g/mol. The van der Waals surface area contributed by atoms with E-state index in [4.69, 9.17) is 5.73 Å². The summed E-state index contributed by atoms with van der Waals surface area (Å²) in [6.07, 6.45) is 0. The van der Waals surface area contributed by atoms with E-state index in [-0.39, 0.29) is 11.9 Å². The molecule has 16 heavy (non-hydrogen) atoms. The molecule has 0 spiro atoms. The molecule has 1 fully saturated rings. The zero-order valence-corrected chi connectivity index (χ0v) is 9.66. The molecule has 1 aliphatic rings. The third kappa shape index (κ3) is 1.71. The number of hydrogen-bond acceptors (Lipinski definition) is 3. The second kappa shape index (κ2) is 4.04. The first-order chi connectivity index (χ1) is 7.61. The zero-order valence-electron chi connectivity index (χ0n) is 9.66. The van der Waals surface area contributed by atoms with Gasteiger partial charge in [0.2, 0.25) is 5.91 Å². The quantitative estimate of drug-likeness (QED) is 0.690. The van der Waals surface area contributed by atoms with Gasteiger partial charge >= 0.3 is 0 Å². The number of aryl methyl sites for hydroxylation is 1. The summed E-state index contributed by atoms with van der Waals surface area (Å²) in [5.74, 6) is 0.0638. The van der Waals surface area contributed by atoms with Crippen LogP contribution in [0, 0.1) is 6.92 Å². The second-order valence-corrected chi connectivity index (χ2v) is 4.17. The van der Waals surface area contributed by atoms with Crippen LogP contribution in [0.3, 0.4) is 0 Å². The first kappa shape index (κ1) is 10.8. The van der Waals surface area contributed by atoms with Crippen molar-refractivity contribution in [1.29, 1.82) is 0 Å². The van der Waals surface area contributed by atoms with E-state index >= 15 is 0 Å². The fourth-order valence-electron chi connectivity index (χ4n) is 2.16. The van der Waals surface area contributed by atoms with E-state index in [2.05, 4.69) is 10.2 Å². The molecule has 0 aliphatic carbocycles. The molecule has 1 saturated heterocycles. The van der Waals surface area contributed by atoms with Crippen LogP contribution in [-0.2, 0) is 4.79 Å². The van der Waals surface area contributed by atoms with Gasteiger partial charge in [-0.05, 0) is 25.5 Å². The Labute approximate surface area is 95.4 Å². The summed E-state index contributed by atoms with van der Waals surface area (Å²) in [5.41, 5.74) is 8.83. The van der Waals surface area contributed by atoms with Crippen LogP contribution in [0.4, 0.5) is 11.4 Å². The number of benzene rings is 1.